The summed E-state index contributed by atoms with van der Waals surface area (Å²) in [7, 11) is 0. The molecular formula is C10H13N3O3. The zero-order valence-electron chi connectivity index (χ0n) is 8.77. The predicted octanol–water partition coefficient (Wildman–Crippen LogP) is -0.380. The summed E-state index contributed by atoms with van der Waals surface area (Å²) in [5.41, 5.74) is 16.2. The molecule has 0 aromatic heterocycles. The second-order valence-electron chi connectivity index (χ2n) is 3.28. The van der Waals surface area contributed by atoms with E-state index in [0.29, 0.717) is 5.69 Å². The lowest BCUT2D eigenvalue weighted by Crippen LogP contribution is -2.31. The standard InChI is InChI=1S/C10H13N3O3/c1-5(9(12)14)16-8-3-2-6(11)4-7(8)10(13)15/h2-5H,11H2,1H3,(H2,12,14)(H2,13,15). The van der Waals surface area contributed by atoms with E-state index in [9.17, 15) is 9.59 Å². The highest BCUT2D eigenvalue weighted by Gasteiger charge is 2.15. The molecule has 1 unspecified atom stereocenters. The smallest absolute Gasteiger partial charge is 0.258 e. The lowest BCUT2D eigenvalue weighted by Gasteiger charge is -2.13. The zero-order chi connectivity index (χ0) is 12.3. The van der Waals surface area contributed by atoms with Gasteiger partial charge in [0, 0.05) is 5.69 Å². The SMILES string of the molecule is CC(Oc1ccc(N)cc1C(N)=O)C(N)=O. The molecule has 0 radical (unpaired) electrons. The molecule has 0 aliphatic carbocycles. The third-order valence-electron chi connectivity index (χ3n) is 1.97. The second kappa shape index (κ2) is 4.52. The van der Waals surface area contributed by atoms with Crippen LogP contribution in [0.3, 0.4) is 0 Å². The van der Waals surface area contributed by atoms with Gasteiger partial charge in [-0.25, -0.2) is 0 Å². The molecule has 6 N–H and O–H groups in total. The van der Waals surface area contributed by atoms with E-state index in [4.69, 9.17) is 21.9 Å². The summed E-state index contributed by atoms with van der Waals surface area (Å²) < 4.78 is 5.19. The number of nitrogens with two attached hydrogens (primary N) is 3. The van der Waals surface area contributed by atoms with Crippen LogP contribution in [0.2, 0.25) is 0 Å². The Hall–Kier alpha value is -2.24. The Kier molecular flexibility index (Phi) is 3.34. The van der Waals surface area contributed by atoms with Crippen molar-refractivity contribution in [1.29, 1.82) is 0 Å². The number of hydrogen-bond donors (Lipinski definition) is 3. The molecule has 6 nitrogen and oxygen atoms in total. The molecule has 0 aliphatic heterocycles. The third kappa shape index (κ3) is 2.63. The first-order valence-corrected chi connectivity index (χ1v) is 4.57. The molecule has 0 heterocycles. The van der Waals surface area contributed by atoms with Gasteiger partial charge >= 0.3 is 0 Å². The molecule has 6 heteroatoms. The van der Waals surface area contributed by atoms with Crippen LogP contribution in [0.5, 0.6) is 5.75 Å². The molecule has 0 saturated heterocycles. The zero-order valence-corrected chi connectivity index (χ0v) is 8.77. The first-order chi connectivity index (χ1) is 7.41. The summed E-state index contributed by atoms with van der Waals surface area (Å²) in [5.74, 6) is -1.13. The van der Waals surface area contributed by atoms with Crippen LogP contribution >= 0.6 is 0 Å². The van der Waals surface area contributed by atoms with Gasteiger partial charge in [-0.05, 0) is 25.1 Å². The van der Waals surface area contributed by atoms with Crippen molar-refractivity contribution < 1.29 is 14.3 Å². The molecule has 0 bridgehead atoms. The molecule has 1 aromatic carbocycles. The molecule has 0 aliphatic rings. The number of ether oxygens (including phenoxy) is 1. The van der Waals surface area contributed by atoms with Gasteiger partial charge in [0.25, 0.3) is 11.8 Å². The topological polar surface area (TPSA) is 121 Å². The van der Waals surface area contributed by atoms with Crippen LogP contribution in [0.25, 0.3) is 0 Å². The highest BCUT2D eigenvalue weighted by Crippen LogP contribution is 2.21. The molecule has 86 valence electrons. The van der Waals surface area contributed by atoms with Crippen molar-refractivity contribution in [2.24, 2.45) is 11.5 Å². The van der Waals surface area contributed by atoms with Crippen molar-refractivity contribution in [2.75, 3.05) is 5.73 Å². The average molecular weight is 223 g/mol. The van der Waals surface area contributed by atoms with Gasteiger partial charge < -0.3 is 21.9 Å². The number of nitrogen functional groups attached to an aromatic ring is 1. The second-order valence-corrected chi connectivity index (χ2v) is 3.28. The number of carbonyl (C=O) groups excluding carboxylic acids is 2. The number of primary amides is 2. The molecule has 0 fully saturated rings. The summed E-state index contributed by atoms with van der Waals surface area (Å²) in [4.78, 5) is 21.9. The fourth-order valence-electron chi connectivity index (χ4n) is 1.09. The monoisotopic (exact) mass is 223 g/mol. The quantitative estimate of drug-likeness (QED) is 0.602. The van der Waals surface area contributed by atoms with Crippen molar-refractivity contribution in [3.63, 3.8) is 0 Å². The average Bonchev–Trinajstić information content (AvgIpc) is 2.20. The summed E-state index contributed by atoms with van der Waals surface area (Å²) in [6.45, 7) is 1.48. The number of benzene rings is 1. The fraction of sp³-hybridized carbons (Fsp3) is 0.200. The molecule has 1 aromatic rings. The van der Waals surface area contributed by atoms with Gasteiger partial charge in [-0.3, -0.25) is 9.59 Å². The fourth-order valence-corrected chi connectivity index (χ4v) is 1.09. The maximum absolute atomic E-state index is 11.1. The Morgan fingerprint density at radius 2 is 1.94 bits per heavy atom. The van der Waals surface area contributed by atoms with Crippen LogP contribution in [0.1, 0.15) is 17.3 Å². The Labute approximate surface area is 92.3 Å². The number of carbonyl (C=O) groups is 2. The Morgan fingerprint density at radius 3 is 2.44 bits per heavy atom. The van der Waals surface area contributed by atoms with E-state index in [1.807, 2.05) is 0 Å². The highest BCUT2D eigenvalue weighted by molar-refractivity contribution is 5.96. The van der Waals surface area contributed by atoms with Crippen LogP contribution in [-0.4, -0.2) is 17.9 Å². The highest BCUT2D eigenvalue weighted by atomic mass is 16.5. The molecular weight excluding hydrogens is 210 g/mol. The van der Waals surface area contributed by atoms with E-state index in [1.165, 1.54) is 25.1 Å². The van der Waals surface area contributed by atoms with E-state index in [1.54, 1.807) is 0 Å². The van der Waals surface area contributed by atoms with Crippen LogP contribution < -0.4 is 21.9 Å². The maximum Gasteiger partial charge on any atom is 0.258 e. The number of anilines is 1. The van der Waals surface area contributed by atoms with E-state index in [2.05, 4.69) is 0 Å². The van der Waals surface area contributed by atoms with Gasteiger partial charge in [0.1, 0.15) is 5.75 Å². The van der Waals surface area contributed by atoms with Crippen LogP contribution in [0, 0.1) is 0 Å². The maximum atomic E-state index is 11.1. The van der Waals surface area contributed by atoms with E-state index in [-0.39, 0.29) is 11.3 Å². The largest absolute Gasteiger partial charge is 0.480 e. The summed E-state index contributed by atoms with van der Waals surface area (Å²) in [6, 6.07) is 4.38. The summed E-state index contributed by atoms with van der Waals surface area (Å²) in [5, 5.41) is 0. The third-order valence-corrected chi connectivity index (χ3v) is 1.97. The lowest BCUT2D eigenvalue weighted by molar-refractivity contribution is -0.124. The van der Waals surface area contributed by atoms with Crippen LogP contribution in [0.4, 0.5) is 5.69 Å². The molecule has 1 rings (SSSR count). The van der Waals surface area contributed by atoms with Gasteiger partial charge in [0.2, 0.25) is 0 Å². The van der Waals surface area contributed by atoms with Crippen molar-refractivity contribution in [2.45, 2.75) is 13.0 Å². The van der Waals surface area contributed by atoms with E-state index in [0.717, 1.165) is 0 Å². The number of amides is 2. The van der Waals surface area contributed by atoms with Gasteiger partial charge in [-0.15, -0.1) is 0 Å². The van der Waals surface area contributed by atoms with Gasteiger partial charge in [-0.2, -0.15) is 0 Å². The number of hydrogen-bond acceptors (Lipinski definition) is 4. The summed E-state index contributed by atoms with van der Waals surface area (Å²) >= 11 is 0. The minimum atomic E-state index is -0.846. The lowest BCUT2D eigenvalue weighted by atomic mass is 10.1. The van der Waals surface area contributed by atoms with Crippen molar-refractivity contribution in [1.82, 2.24) is 0 Å². The van der Waals surface area contributed by atoms with Crippen molar-refractivity contribution >= 4 is 17.5 Å². The molecule has 16 heavy (non-hydrogen) atoms. The van der Waals surface area contributed by atoms with Crippen LogP contribution in [0.15, 0.2) is 18.2 Å². The minimum absolute atomic E-state index is 0.119. The predicted molar refractivity (Wildman–Crippen MR) is 58.7 cm³/mol. The van der Waals surface area contributed by atoms with Crippen LogP contribution in [-0.2, 0) is 4.79 Å². The minimum Gasteiger partial charge on any atom is -0.480 e. The normalized spacial score (nSPS) is 11.8. The first kappa shape index (κ1) is 11.8. The first-order valence-electron chi connectivity index (χ1n) is 4.57. The molecule has 0 saturated carbocycles. The molecule has 1 atom stereocenters. The Balaban J connectivity index is 3.04. The number of rotatable bonds is 4. The Bertz CT molecular complexity index is 431. The molecule has 0 spiro atoms. The van der Waals surface area contributed by atoms with Crippen molar-refractivity contribution in [3.8, 4) is 5.75 Å². The summed E-state index contributed by atoms with van der Waals surface area (Å²) in [6.07, 6.45) is -0.846. The van der Waals surface area contributed by atoms with Gasteiger partial charge in [0.15, 0.2) is 6.10 Å². The molecule has 2 amide bonds. The Morgan fingerprint density at radius 1 is 1.31 bits per heavy atom. The van der Waals surface area contributed by atoms with E-state index >= 15 is 0 Å². The van der Waals surface area contributed by atoms with Gasteiger partial charge in [0.05, 0.1) is 5.56 Å². The van der Waals surface area contributed by atoms with E-state index < -0.39 is 17.9 Å². The van der Waals surface area contributed by atoms with Gasteiger partial charge in [-0.1, -0.05) is 0 Å². The van der Waals surface area contributed by atoms with Crippen molar-refractivity contribution in [3.05, 3.63) is 23.8 Å².